The van der Waals surface area contributed by atoms with E-state index in [-0.39, 0.29) is 18.6 Å². The molecule has 220 valence electrons. The Labute approximate surface area is 228 Å². The van der Waals surface area contributed by atoms with Crippen molar-refractivity contribution in [2.24, 2.45) is 0 Å². The second-order valence-electron chi connectivity index (χ2n) is 10.5. The first kappa shape index (κ1) is 30.3. The van der Waals surface area contributed by atoms with Gasteiger partial charge in [0.2, 0.25) is 5.91 Å². The average molecular weight is 574 g/mol. The lowest BCUT2D eigenvalue weighted by atomic mass is 9.73. The van der Waals surface area contributed by atoms with Crippen LogP contribution >= 0.6 is 0 Å². The topological polar surface area (TPSA) is 65.0 Å². The lowest BCUT2D eigenvalue weighted by molar-refractivity contribution is -0.143. The van der Waals surface area contributed by atoms with Crippen molar-refractivity contribution in [3.05, 3.63) is 70.8 Å². The second-order valence-corrected chi connectivity index (χ2v) is 10.5. The van der Waals surface area contributed by atoms with Crippen molar-refractivity contribution in [3.8, 4) is 0 Å². The number of carbonyl (C=O) groups excluding carboxylic acids is 1. The van der Waals surface area contributed by atoms with Gasteiger partial charge in [-0.2, -0.15) is 26.3 Å². The molecule has 0 aliphatic carbocycles. The quantitative estimate of drug-likeness (QED) is 0.417. The van der Waals surface area contributed by atoms with Crippen LogP contribution in [0.2, 0.25) is 0 Å². The normalized spacial score (nSPS) is 19.5. The number of alkyl halides is 6. The van der Waals surface area contributed by atoms with Crippen LogP contribution in [0, 0.1) is 0 Å². The molecule has 0 bridgehead atoms. The Morgan fingerprint density at radius 2 is 1.50 bits per heavy atom. The van der Waals surface area contributed by atoms with Crippen LogP contribution in [0.5, 0.6) is 0 Å². The number of likely N-dealkylation sites (tertiary alicyclic amines) is 1. The smallest absolute Gasteiger partial charge is 0.393 e. The van der Waals surface area contributed by atoms with Gasteiger partial charge in [-0.25, -0.2) is 5.01 Å². The van der Waals surface area contributed by atoms with E-state index in [0.29, 0.717) is 44.6 Å². The molecular formula is C28H33F6N3O3. The molecule has 1 unspecified atom stereocenters. The molecular weight excluding hydrogens is 540 g/mol. The standard InChI is InChI=1S/C28H33F6N3O3/c29-27(30,31)22-14-20(15-23(16-22)28(32,33)34)24(18-38)40-19-26(21-6-2-1-3-7-21)8-12-37(13-9-26)35-25(39)17-36-10-4-5-11-36/h1-3,6-7,14-16,24,38H,4-5,8-13,17-19H2,(H,35,39). The van der Waals surface area contributed by atoms with Crippen molar-refractivity contribution in [1.29, 1.82) is 0 Å². The summed E-state index contributed by atoms with van der Waals surface area (Å²) in [6, 6.07) is 10.5. The first-order valence-corrected chi connectivity index (χ1v) is 13.2. The number of carbonyl (C=O) groups is 1. The van der Waals surface area contributed by atoms with Gasteiger partial charge >= 0.3 is 12.4 Å². The summed E-state index contributed by atoms with van der Waals surface area (Å²) in [5.41, 5.74) is -0.120. The predicted molar refractivity (Wildman–Crippen MR) is 135 cm³/mol. The summed E-state index contributed by atoms with van der Waals surface area (Å²) in [6.45, 7) is 2.19. The number of hydrogen-bond acceptors (Lipinski definition) is 5. The fourth-order valence-corrected chi connectivity index (χ4v) is 5.39. The summed E-state index contributed by atoms with van der Waals surface area (Å²) in [6.07, 6.45) is -8.25. The molecule has 2 aliphatic rings. The van der Waals surface area contributed by atoms with E-state index in [1.807, 2.05) is 35.3 Å². The number of amides is 1. The van der Waals surface area contributed by atoms with Crippen molar-refractivity contribution >= 4 is 5.91 Å². The van der Waals surface area contributed by atoms with Gasteiger partial charge in [-0.3, -0.25) is 15.1 Å². The lowest BCUT2D eigenvalue weighted by Gasteiger charge is -2.42. The van der Waals surface area contributed by atoms with Crippen LogP contribution in [0.3, 0.4) is 0 Å². The zero-order valence-corrected chi connectivity index (χ0v) is 21.9. The van der Waals surface area contributed by atoms with Crippen LogP contribution < -0.4 is 5.43 Å². The Morgan fingerprint density at radius 1 is 0.925 bits per heavy atom. The molecule has 2 aromatic carbocycles. The van der Waals surface area contributed by atoms with E-state index in [0.717, 1.165) is 31.5 Å². The third-order valence-electron chi connectivity index (χ3n) is 7.66. The van der Waals surface area contributed by atoms with Gasteiger partial charge in [0, 0.05) is 18.5 Å². The molecule has 2 aliphatic heterocycles. The van der Waals surface area contributed by atoms with E-state index in [2.05, 4.69) is 10.3 Å². The number of hydrogen-bond donors (Lipinski definition) is 2. The van der Waals surface area contributed by atoms with Crippen LogP contribution in [-0.2, 0) is 27.3 Å². The largest absolute Gasteiger partial charge is 0.416 e. The first-order valence-electron chi connectivity index (χ1n) is 13.2. The zero-order chi connectivity index (χ0) is 29.0. The van der Waals surface area contributed by atoms with Crippen LogP contribution in [-0.4, -0.2) is 66.9 Å². The Kier molecular flexibility index (Phi) is 9.44. The van der Waals surface area contributed by atoms with Crippen LogP contribution in [0.4, 0.5) is 26.3 Å². The molecule has 0 saturated carbocycles. The minimum Gasteiger partial charge on any atom is -0.393 e. The number of benzene rings is 2. The van der Waals surface area contributed by atoms with Crippen molar-refractivity contribution in [2.45, 2.75) is 49.6 Å². The molecule has 40 heavy (non-hydrogen) atoms. The minimum atomic E-state index is -5.01. The van der Waals surface area contributed by atoms with Crippen molar-refractivity contribution in [3.63, 3.8) is 0 Å². The van der Waals surface area contributed by atoms with E-state index in [4.69, 9.17) is 4.74 Å². The summed E-state index contributed by atoms with van der Waals surface area (Å²) in [5, 5.41) is 11.8. The fraction of sp³-hybridized carbons (Fsp3) is 0.536. The van der Waals surface area contributed by atoms with E-state index in [1.165, 1.54) is 0 Å². The molecule has 1 amide bonds. The number of nitrogens with one attached hydrogen (secondary N) is 1. The molecule has 12 heteroatoms. The Bertz CT molecular complexity index is 1100. The molecule has 0 radical (unpaired) electrons. The molecule has 2 heterocycles. The minimum absolute atomic E-state index is 0.0462. The van der Waals surface area contributed by atoms with Gasteiger partial charge in [-0.1, -0.05) is 30.3 Å². The summed E-state index contributed by atoms with van der Waals surface area (Å²) >= 11 is 0. The molecule has 2 aromatic rings. The summed E-state index contributed by atoms with van der Waals surface area (Å²) in [4.78, 5) is 14.6. The highest BCUT2D eigenvalue weighted by Gasteiger charge is 2.40. The van der Waals surface area contributed by atoms with Crippen LogP contribution in [0.1, 0.15) is 54.0 Å². The van der Waals surface area contributed by atoms with Crippen molar-refractivity contribution < 1.29 is 41.0 Å². The van der Waals surface area contributed by atoms with Gasteiger partial charge in [-0.15, -0.1) is 0 Å². The van der Waals surface area contributed by atoms with Crippen molar-refractivity contribution in [2.75, 3.05) is 45.9 Å². The molecule has 2 fully saturated rings. The molecule has 2 saturated heterocycles. The molecule has 2 N–H and O–H groups in total. The van der Waals surface area contributed by atoms with E-state index < -0.39 is 47.2 Å². The maximum Gasteiger partial charge on any atom is 0.416 e. The molecule has 0 aromatic heterocycles. The van der Waals surface area contributed by atoms with Gasteiger partial charge in [0.15, 0.2) is 0 Å². The van der Waals surface area contributed by atoms with Gasteiger partial charge in [-0.05, 0) is 68.1 Å². The molecule has 4 rings (SSSR count). The Balaban J connectivity index is 1.50. The molecule has 6 nitrogen and oxygen atoms in total. The van der Waals surface area contributed by atoms with E-state index in [9.17, 15) is 36.2 Å². The number of ether oxygens (including phenoxy) is 1. The highest BCUT2D eigenvalue weighted by molar-refractivity contribution is 5.77. The van der Waals surface area contributed by atoms with Gasteiger partial charge in [0.1, 0.15) is 6.10 Å². The van der Waals surface area contributed by atoms with Gasteiger partial charge in [0.25, 0.3) is 0 Å². The number of nitrogens with zero attached hydrogens (tertiary/aromatic N) is 2. The Hall–Kier alpha value is -2.67. The van der Waals surface area contributed by atoms with E-state index >= 15 is 0 Å². The number of hydrazine groups is 1. The third kappa shape index (κ3) is 7.54. The maximum atomic E-state index is 13.4. The third-order valence-corrected chi connectivity index (χ3v) is 7.66. The summed E-state index contributed by atoms with van der Waals surface area (Å²) < 4.78 is 86.3. The number of piperidine rings is 1. The predicted octanol–water partition coefficient (Wildman–Crippen LogP) is 4.94. The summed E-state index contributed by atoms with van der Waals surface area (Å²) in [5.74, 6) is -0.101. The fourth-order valence-electron chi connectivity index (χ4n) is 5.39. The zero-order valence-electron chi connectivity index (χ0n) is 21.9. The lowest BCUT2D eigenvalue weighted by Crippen LogP contribution is -2.53. The second kappa shape index (κ2) is 12.5. The maximum absolute atomic E-state index is 13.4. The summed E-state index contributed by atoms with van der Waals surface area (Å²) in [7, 11) is 0. The highest BCUT2D eigenvalue weighted by Crippen LogP contribution is 2.40. The number of aliphatic hydroxyl groups excluding tert-OH is 1. The van der Waals surface area contributed by atoms with E-state index in [1.54, 1.807) is 0 Å². The SMILES string of the molecule is O=C(CN1CCCC1)NN1CCC(COC(CO)c2cc(C(F)(F)F)cc(C(F)(F)F)c2)(c2ccccc2)CC1. The van der Waals surface area contributed by atoms with Gasteiger partial charge < -0.3 is 9.84 Å². The van der Waals surface area contributed by atoms with Crippen LogP contribution in [0.15, 0.2) is 48.5 Å². The molecule has 0 spiro atoms. The number of halogens is 6. The van der Waals surface area contributed by atoms with Crippen molar-refractivity contribution in [1.82, 2.24) is 15.3 Å². The number of aliphatic hydroxyl groups is 1. The van der Waals surface area contributed by atoms with Crippen LogP contribution in [0.25, 0.3) is 0 Å². The Morgan fingerprint density at radius 3 is 2.02 bits per heavy atom. The number of rotatable bonds is 9. The monoisotopic (exact) mass is 573 g/mol. The average Bonchev–Trinajstić information content (AvgIpc) is 3.42. The highest BCUT2D eigenvalue weighted by atomic mass is 19.4. The van der Waals surface area contributed by atoms with Gasteiger partial charge in [0.05, 0.1) is 30.9 Å². The molecule has 1 atom stereocenters. The first-order chi connectivity index (χ1) is 18.9.